The first kappa shape index (κ1) is 25.0. The number of rotatable bonds is 9. The lowest BCUT2D eigenvalue weighted by molar-refractivity contribution is 0.407. The zero-order valence-electron chi connectivity index (χ0n) is 20.9. The molecule has 2 heterocycles. The quantitative estimate of drug-likeness (QED) is 0.232. The third kappa shape index (κ3) is 5.44. The number of fused-ring (bicyclic) bond motifs is 1. The minimum absolute atomic E-state index is 0.170. The maximum absolute atomic E-state index is 13.8. The minimum Gasteiger partial charge on any atom is -0.356 e. The highest BCUT2D eigenvalue weighted by Crippen LogP contribution is 2.31. The van der Waals surface area contributed by atoms with Gasteiger partial charge in [-0.2, -0.15) is 5.10 Å². The van der Waals surface area contributed by atoms with Crippen LogP contribution in [0.15, 0.2) is 23.2 Å². The average Bonchev–Trinajstić information content (AvgIpc) is 3.43. The van der Waals surface area contributed by atoms with Crippen molar-refractivity contribution in [3.63, 3.8) is 0 Å². The van der Waals surface area contributed by atoms with Crippen LogP contribution in [0.4, 0.5) is 19.0 Å². The molecule has 9 heteroatoms. The average molecular weight is 487 g/mol. The fraction of sp³-hybridized carbons (Fsp3) is 0.500. The summed E-state index contributed by atoms with van der Waals surface area (Å²) in [7, 11) is 3.54. The molecule has 3 aromatic rings. The van der Waals surface area contributed by atoms with Crippen molar-refractivity contribution in [1.82, 2.24) is 19.7 Å². The predicted octanol–water partition coefficient (Wildman–Crippen LogP) is 5.37. The molecule has 1 saturated carbocycles. The normalized spacial score (nSPS) is 14.5. The number of nitrogens with zero attached hydrogens (tertiary/aromatic N) is 6. The number of pyridine rings is 1. The summed E-state index contributed by atoms with van der Waals surface area (Å²) >= 11 is 0. The van der Waals surface area contributed by atoms with Gasteiger partial charge in [-0.25, -0.2) is 18.2 Å². The van der Waals surface area contributed by atoms with E-state index in [1.807, 2.05) is 18.9 Å². The van der Waals surface area contributed by atoms with Gasteiger partial charge in [-0.15, -0.1) is 0 Å². The van der Waals surface area contributed by atoms with Gasteiger partial charge in [-0.05, 0) is 56.4 Å². The lowest BCUT2D eigenvalue weighted by Gasteiger charge is -2.29. The Morgan fingerprint density at radius 3 is 2.43 bits per heavy atom. The van der Waals surface area contributed by atoms with E-state index < -0.39 is 17.5 Å². The van der Waals surface area contributed by atoms with Crippen molar-refractivity contribution in [2.75, 3.05) is 25.0 Å². The summed E-state index contributed by atoms with van der Waals surface area (Å²) in [4.78, 5) is 13.4. The zero-order valence-corrected chi connectivity index (χ0v) is 20.9. The summed E-state index contributed by atoms with van der Waals surface area (Å²) < 4.78 is 43.0. The lowest BCUT2D eigenvalue weighted by Crippen LogP contribution is -2.31. The molecule has 2 aromatic heterocycles. The van der Waals surface area contributed by atoms with Gasteiger partial charge in [-0.1, -0.05) is 12.8 Å². The summed E-state index contributed by atoms with van der Waals surface area (Å²) in [5, 5.41) is 5.52. The topological polar surface area (TPSA) is 49.6 Å². The van der Waals surface area contributed by atoms with Crippen LogP contribution in [0, 0.1) is 30.3 Å². The first-order valence-corrected chi connectivity index (χ1v) is 12.2. The zero-order chi connectivity index (χ0) is 25.1. The number of aromatic nitrogens is 3. The van der Waals surface area contributed by atoms with Gasteiger partial charge in [0.1, 0.15) is 5.82 Å². The van der Waals surface area contributed by atoms with E-state index in [2.05, 4.69) is 28.0 Å². The van der Waals surface area contributed by atoms with Crippen molar-refractivity contribution in [3.05, 3.63) is 52.5 Å². The SMILES string of the molecule is CCN(CC1CCCC1)c1nc2c(cc1CN(/C=N/C)Cc1cc(F)c(F)c(F)c1)c(C)nn2C. The van der Waals surface area contributed by atoms with E-state index in [9.17, 15) is 13.2 Å². The number of hydrogen-bond acceptors (Lipinski definition) is 4. The van der Waals surface area contributed by atoms with Crippen molar-refractivity contribution in [2.45, 2.75) is 52.6 Å². The Balaban J connectivity index is 1.71. The van der Waals surface area contributed by atoms with E-state index in [-0.39, 0.29) is 6.54 Å². The van der Waals surface area contributed by atoms with Gasteiger partial charge in [0, 0.05) is 51.2 Å². The smallest absolute Gasteiger partial charge is 0.194 e. The molecule has 6 nitrogen and oxygen atoms in total. The van der Waals surface area contributed by atoms with E-state index in [4.69, 9.17) is 4.98 Å². The second kappa shape index (κ2) is 10.7. The molecule has 1 aliphatic rings. The minimum atomic E-state index is -1.46. The van der Waals surface area contributed by atoms with Crippen LogP contribution in [-0.2, 0) is 20.1 Å². The van der Waals surface area contributed by atoms with Crippen molar-refractivity contribution in [1.29, 1.82) is 0 Å². The van der Waals surface area contributed by atoms with Gasteiger partial charge in [-0.3, -0.25) is 9.67 Å². The van der Waals surface area contributed by atoms with Crippen molar-refractivity contribution < 1.29 is 13.2 Å². The van der Waals surface area contributed by atoms with Crippen LogP contribution in [0.3, 0.4) is 0 Å². The number of aryl methyl sites for hydroxylation is 2. The monoisotopic (exact) mass is 486 g/mol. The fourth-order valence-electron chi connectivity index (χ4n) is 5.09. The first-order chi connectivity index (χ1) is 16.8. The highest BCUT2D eigenvalue weighted by atomic mass is 19.2. The van der Waals surface area contributed by atoms with E-state index in [0.29, 0.717) is 18.0 Å². The van der Waals surface area contributed by atoms with E-state index in [0.717, 1.165) is 53.3 Å². The Labute approximate surface area is 204 Å². The highest BCUT2D eigenvalue weighted by molar-refractivity contribution is 5.81. The molecule has 1 aromatic carbocycles. The Kier molecular flexibility index (Phi) is 7.62. The van der Waals surface area contributed by atoms with Crippen LogP contribution in [0.5, 0.6) is 0 Å². The van der Waals surface area contributed by atoms with Crippen molar-refractivity contribution in [2.24, 2.45) is 18.0 Å². The maximum Gasteiger partial charge on any atom is 0.194 e. The van der Waals surface area contributed by atoms with Gasteiger partial charge < -0.3 is 9.80 Å². The van der Waals surface area contributed by atoms with Gasteiger partial charge in [0.05, 0.1) is 12.0 Å². The molecule has 1 fully saturated rings. The second-order valence-electron chi connectivity index (χ2n) is 9.39. The number of benzene rings is 1. The summed E-state index contributed by atoms with van der Waals surface area (Å²) in [5.41, 5.74) is 3.02. The molecule has 0 amide bonds. The molecule has 0 atom stereocenters. The predicted molar refractivity (Wildman–Crippen MR) is 133 cm³/mol. The number of aliphatic imine (C=N–C) groups is 1. The Bertz CT molecular complexity index is 1190. The molecule has 0 unspecified atom stereocenters. The molecule has 0 aliphatic heterocycles. The summed E-state index contributed by atoms with van der Waals surface area (Å²) in [5.74, 6) is -2.32. The van der Waals surface area contributed by atoms with Crippen molar-refractivity contribution in [3.8, 4) is 0 Å². The molecule has 0 N–H and O–H groups in total. The summed E-state index contributed by atoms with van der Waals surface area (Å²) in [6, 6.07) is 4.17. The summed E-state index contributed by atoms with van der Waals surface area (Å²) in [6.45, 7) is 6.44. The van der Waals surface area contributed by atoms with Gasteiger partial charge in [0.25, 0.3) is 0 Å². The van der Waals surface area contributed by atoms with E-state index in [1.165, 1.54) is 25.7 Å². The molecular formula is C26H33F3N6. The van der Waals surface area contributed by atoms with Crippen LogP contribution in [0.1, 0.15) is 49.4 Å². The molecule has 0 radical (unpaired) electrons. The third-order valence-electron chi connectivity index (χ3n) is 6.77. The molecule has 1 aliphatic carbocycles. The van der Waals surface area contributed by atoms with Crippen LogP contribution in [-0.4, -0.2) is 46.1 Å². The van der Waals surface area contributed by atoms with Crippen LogP contribution in [0.2, 0.25) is 0 Å². The van der Waals surface area contributed by atoms with Crippen LogP contribution in [0.25, 0.3) is 11.0 Å². The summed E-state index contributed by atoms with van der Waals surface area (Å²) in [6.07, 6.45) is 6.64. The Hall–Kier alpha value is -3.10. The Morgan fingerprint density at radius 1 is 1.11 bits per heavy atom. The fourth-order valence-corrected chi connectivity index (χ4v) is 5.09. The largest absolute Gasteiger partial charge is 0.356 e. The number of anilines is 1. The lowest BCUT2D eigenvalue weighted by atomic mass is 10.1. The third-order valence-corrected chi connectivity index (χ3v) is 6.77. The van der Waals surface area contributed by atoms with Crippen LogP contribution >= 0.6 is 0 Å². The van der Waals surface area contributed by atoms with Gasteiger partial charge >= 0.3 is 0 Å². The molecule has 35 heavy (non-hydrogen) atoms. The Morgan fingerprint density at radius 2 is 1.80 bits per heavy atom. The number of halogens is 3. The van der Waals surface area contributed by atoms with E-state index in [1.54, 1.807) is 18.1 Å². The first-order valence-electron chi connectivity index (χ1n) is 12.2. The molecular weight excluding hydrogens is 453 g/mol. The molecule has 0 saturated heterocycles. The van der Waals surface area contributed by atoms with Crippen molar-refractivity contribution >= 4 is 23.2 Å². The molecule has 0 bridgehead atoms. The highest BCUT2D eigenvalue weighted by Gasteiger charge is 2.23. The van der Waals surface area contributed by atoms with Gasteiger partial charge in [0.15, 0.2) is 23.1 Å². The van der Waals surface area contributed by atoms with E-state index >= 15 is 0 Å². The standard InChI is InChI=1S/C26H33F3N6/c1-5-35(14-18-8-6-7-9-18)25-20(12-21-17(2)32-33(4)26(21)31-25)15-34(16-30-3)13-19-10-22(27)24(29)23(28)11-19/h10-12,16,18H,5-9,13-15H2,1-4H3/b30-16+. The number of hydrogen-bond donors (Lipinski definition) is 0. The molecule has 0 spiro atoms. The maximum atomic E-state index is 13.8. The van der Waals surface area contributed by atoms with Crippen LogP contribution < -0.4 is 4.90 Å². The molecule has 188 valence electrons. The second-order valence-corrected chi connectivity index (χ2v) is 9.39. The van der Waals surface area contributed by atoms with Gasteiger partial charge in [0.2, 0.25) is 0 Å². The molecule has 4 rings (SSSR count).